The molecule has 116 valence electrons. The van der Waals surface area contributed by atoms with Crippen molar-refractivity contribution in [1.82, 2.24) is 5.32 Å². The number of carbonyl (C=O) groups excluding carboxylic acids is 1. The Bertz CT molecular complexity index is 505. The van der Waals surface area contributed by atoms with Gasteiger partial charge >= 0.3 is 0 Å². The van der Waals surface area contributed by atoms with Crippen LogP contribution in [-0.4, -0.2) is 12.5 Å². The maximum atomic E-state index is 13.1. The van der Waals surface area contributed by atoms with E-state index in [4.69, 9.17) is 5.73 Å². The molecular formula is C17H25FN2O. The molecule has 0 saturated heterocycles. The van der Waals surface area contributed by atoms with Crippen molar-refractivity contribution in [2.75, 3.05) is 6.54 Å². The normalized spacial score (nSPS) is 12.2. The van der Waals surface area contributed by atoms with E-state index in [0.717, 1.165) is 12.0 Å². The van der Waals surface area contributed by atoms with Gasteiger partial charge in [-0.25, -0.2) is 4.39 Å². The molecule has 0 unspecified atom stereocenters. The second-order valence-electron chi connectivity index (χ2n) is 5.73. The Balaban J connectivity index is 2.49. The number of allylic oxidation sites excluding steroid dienone is 1. The largest absolute Gasteiger partial charge is 0.402 e. The molecule has 0 radical (unpaired) electrons. The summed E-state index contributed by atoms with van der Waals surface area (Å²) in [7, 11) is 0. The van der Waals surface area contributed by atoms with E-state index in [2.05, 4.69) is 19.2 Å². The summed E-state index contributed by atoms with van der Waals surface area (Å²) < 4.78 is 13.1. The van der Waals surface area contributed by atoms with E-state index in [-0.39, 0.29) is 11.7 Å². The molecule has 0 bridgehead atoms. The van der Waals surface area contributed by atoms with Gasteiger partial charge in [-0.1, -0.05) is 26.0 Å². The molecule has 0 fully saturated rings. The first-order valence-corrected chi connectivity index (χ1v) is 7.38. The van der Waals surface area contributed by atoms with Crippen molar-refractivity contribution in [3.63, 3.8) is 0 Å². The van der Waals surface area contributed by atoms with Crippen molar-refractivity contribution in [2.24, 2.45) is 11.7 Å². The molecular weight excluding hydrogens is 267 g/mol. The zero-order chi connectivity index (χ0) is 15.8. The molecule has 0 heterocycles. The molecule has 1 rings (SSSR count). The number of carbonyl (C=O) groups is 1. The van der Waals surface area contributed by atoms with Crippen molar-refractivity contribution in [2.45, 2.75) is 40.0 Å². The minimum Gasteiger partial charge on any atom is -0.402 e. The number of rotatable bonds is 7. The highest BCUT2D eigenvalue weighted by Crippen LogP contribution is 2.13. The monoisotopic (exact) mass is 292 g/mol. The predicted molar refractivity (Wildman–Crippen MR) is 84.1 cm³/mol. The van der Waals surface area contributed by atoms with Crippen molar-refractivity contribution >= 4 is 5.91 Å². The van der Waals surface area contributed by atoms with Gasteiger partial charge in [0.15, 0.2) is 0 Å². The van der Waals surface area contributed by atoms with E-state index >= 15 is 0 Å². The van der Waals surface area contributed by atoms with Crippen LogP contribution in [0.5, 0.6) is 0 Å². The van der Waals surface area contributed by atoms with E-state index < -0.39 is 0 Å². The molecule has 3 N–H and O–H groups in total. The molecule has 0 aliphatic heterocycles. The first-order chi connectivity index (χ1) is 9.90. The van der Waals surface area contributed by atoms with Gasteiger partial charge in [0, 0.05) is 17.8 Å². The first kappa shape index (κ1) is 17.2. The van der Waals surface area contributed by atoms with E-state index in [1.807, 2.05) is 6.07 Å². The molecule has 3 nitrogen and oxygen atoms in total. The fourth-order valence-electron chi connectivity index (χ4n) is 2.04. The second kappa shape index (κ2) is 8.45. The van der Waals surface area contributed by atoms with Crippen LogP contribution in [0.25, 0.3) is 0 Å². The van der Waals surface area contributed by atoms with Gasteiger partial charge in [0.1, 0.15) is 5.82 Å². The average molecular weight is 292 g/mol. The average Bonchev–Trinajstić information content (AvgIpc) is 2.38. The van der Waals surface area contributed by atoms with Crippen molar-refractivity contribution in [3.8, 4) is 0 Å². The third kappa shape index (κ3) is 6.43. The summed E-state index contributed by atoms with van der Waals surface area (Å²) in [5.41, 5.74) is 7.89. The third-order valence-corrected chi connectivity index (χ3v) is 3.31. The van der Waals surface area contributed by atoms with Gasteiger partial charge in [-0.15, -0.1) is 0 Å². The second-order valence-corrected chi connectivity index (χ2v) is 5.73. The van der Waals surface area contributed by atoms with Crippen LogP contribution >= 0.6 is 0 Å². The summed E-state index contributed by atoms with van der Waals surface area (Å²) in [4.78, 5) is 12.1. The van der Waals surface area contributed by atoms with Gasteiger partial charge < -0.3 is 11.1 Å². The number of halogens is 1. The summed E-state index contributed by atoms with van der Waals surface area (Å²) in [6.07, 6.45) is 2.22. The highest BCUT2D eigenvalue weighted by atomic mass is 19.1. The molecule has 1 aromatic carbocycles. The summed E-state index contributed by atoms with van der Waals surface area (Å²) in [5.74, 6) is 0.153. The quantitative estimate of drug-likeness (QED) is 0.758. The Hall–Kier alpha value is -1.84. The maximum Gasteiger partial charge on any atom is 0.248 e. The summed E-state index contributed by atoms with van der Waals surface area (Å²) in [5, 5.41) is 2.86. The SMILES string of the molecule is C/C(N)=C(\CCC(C)C)C(=O)NCCc1cccc(F)c1. The first-order valence-electron chi connectivity index (χ1n) is 7.38. The Labute approximate surface area is 126 Å². The number of hydrogen-bond donors (Lipinski definition) is 2. The van der Waals surface area contributed by atoms with E-state index in [1.54, 1.807) is 13.0 Å². The van der Waals surface area contributed by atoms with E-state index in [0.29, 0.717) is 36.6 Å². The fraction of sp³-hybridized carbons (Fsp3) is 0.471. The lowest BCUT2D eigenvalue weighted by Gasteiger charge is -2.12. The highest BCUT2D eigenvalue weighted by Gasteiger charge is 2.12. The molecule has 0 aliphatic carbocycles. The Morgan fingerprint density at radius 2 is 2.10 bits per heavy atom. The lowest BCUT2D eigenvalue weighted by molar-refractivity contribution is -0.117. The molecule has 21 heavy (non-hydrogen) atoms. The lowest BCUT2D eigenvalue weighted by atomic mass is 10.0. The molecule has 0 aromatic heterocycles. The third-order valence-electron chi connectivity index (χ3n) is 3.31. The zero-order valence-corrected chi connectivity index (χ0v) is 13.1. The number of amides is 1. The van der Waals surface area contributed by atoms with Crippen LogP contribution in [0.2, 0.25) is 0 Å². The van der Waals surface area contributed by atoms with Crippen molar-refractivity contribution in [1.29, 1.82) is 0 Å². The van der Waals surface area contributed by atoms with Gasteiger partial charge in [-0.05, 0) is 49.8 Å². The van der Waals surface area contributed by atoms with Crippen LogP contribution in [0, 0.1) is 11.7 Å². The Morgan fingerprint density at radius 1 is 1.38 bits per heavy atom. The van der Waals surface area contributed by atoms with Gasteiger partial charge in [0.2, 0.25) is 5.91 Å². The van der Waals surface area contributed by atoms with Crippen LogP contribution in [0.15, 0.2) is 35.5 Å². The summed E-state index contributed by atoms with van der Waals surface area (Å²) in [6, 6.07) is 6.41. The number of nitrogens with two attached hydrogens (primary N) is 1. The fourth-order valence-corrected chi connectivity index (χ4v) is 2.04. The van der Waals surface area contributed by atoms with Crippen molar-refractivity contribution < 1.29 is 9.18 Å². The number of nitrogens with one attached hydrogen (secondary N) is 1. The van der Waals surface area contributed by atoms with Crippen LogP contribution in [0.1, 0.15) is 39.2 Å². The lowest BCUT2D eigenvalue weighted by Crippen LogP contribution is -2.29. The van der Waals surface area contributed by atoms with Crippen molar-refractivity contribution in [3.05, 3.63) is 46.9 Å². The topological polar surface area (TPSA) is 55.1 Å². The molecule has 1 amide bonds. The van der Waals surface area contributed by atoms with Crippen LogP contribution < -0.4 is 11.1 Å². The number of benzene rings is 1. The molecule has 0 spiro atoms. The number of hydrogen-bond acceptors (Lipinski definition) is 2. The smallest absolute Gasteiger partial charge is 0.248 e. The maximum absolute atomic E-state index is 13.1. The summed E-state index contributed by atoms with van der Waals surface area (Å²) in [6.45, 7) is 6.46. The zero-order valence-electron chi connectivity index (χ0n) is 13.1. The van der Waals surface area contributed by atoms with Gasteiger partial charge in [0.05, 0.1) is 0 Å². The standard InChI is InChI=1S/C17H25FN2O/c1-12(2)7-8-16(13(3)19)17(21)20-10-9-14-5-4-6-15(18)11-14/h4-6,11-12H,7-10,19H2,1-3H3,(H,20,21)/b16-13-. The Morgan fingerprint density at radius 3 is 2.67 bits per heavy atom. The molecule has 0 saturated carbocycles. The van der Waals surface area contributed by atoms with E-state index in [9.17, 15) is 9.18 Å². The van der Waals surface area contributed by atoms with Crippen LogP contribution in [0.4, 0.5) is 4.39 Å². The van der Waals surface area contributed by atoms with E-state index in [1.165, 1.54) is 12.1 Å². The molecule has 0 aliphatic rings. The van der Waals surface area contributed by atoms with Crippen LogP contribution in [-0.2, 0) is 11.2 Å². The predicted octanol–water partition coefficient (Wildman–Crippen LogP) is 3.15. The van der Waals surface area contributed by atoms with Gasteiger partial charge in [-0.3, -0.25) is 4.79 Å². The van der Waals surface area contributed by atoms with Gasteiger partial charge in [-0.2, -0.15) is 0 Å². The van der Waals surface area contributed by atoms with Crippen LogP contribution in [0.3, 0.4) is 0 Å². The molecule has 4 heteroatoms. The van der Waals surface area contributed by atoms with Gasteiger partial charge in [0.25, 0.3) is 0 Å². The minimum atomic E-state index is -0.255. The summed E-state index contributed by atoms with van der Waals surface area (Å²) >= 11 is 0. The minimum absolute atomic E-state index is 0.118. The molecule has 0 atom stereocenters. The molecule has 1 aromatic rings. The Kier molecular flexibility index (Phi) is 6.92. The highest BCUT2D eigenvalue weighted by molar-refractivity contribution is 5.93.